The summed E-state index contributed by atoms with van der Waals surface area (Å²) in [4.78, 5) is 12.4. The van der Waals surface area contributed by atoms with Gasteiger partial charge < -0.3 is 4.74 Å². The maximum absolute atomic E-state index is 12.4. The van der Waals surface area contributed by atoms with Crippen molar-refractivity contribution in [1.29, 1.82) is 0 Å². The van der Waals surface area contributed by atoms with Crippen molar-refractivity contribution in [3.8, 4) is 11.1 Å². The van der Waals surface area contributed by atoms with Gasteiger partial charge in [0.15, 0.2) is 6.10 Å². The van der Waals surface area contributed by atoms with Gasteiger partial charge in [0.25, 0.3) is 0 Å². The third-order valence-corrected chi connectivity index (χ3v) is 5.72. The van der Waals surface area contributed by atoms with Crippen LogP contribution in [0.25, 0.3) is 17.2 Å². The van der Waals surface area contributed by atoms with Gasteiger partial charge in [0.1, 0.15) is 6.54 Å². The summed E-state index contributed by atoms with van der Waals surface area (Å²) in [6.45, 7) is -0.442. The molecule has 6 heteroatoms. The Bertz CT molecular complexity index is 1120. The highest BCUT2D eigenvalue weighted by Gasteiger charge is 2.31. The molecule has 0 heterocycles. The van der Waals surface area contributed by atoms with E-state index in [9.17, 15) is 13.2 Å². The van der Waals surface area contributed by atoms with Crippen molar-refractivity contribution < 1.29 is 17.9 Å². The molecule has 3 aromatic carbocycles. The highest BCUT2D eigenvalue weighted by Crippen LogP contribution is 2.44. The lowest BCUT2D eigenvalue weighted by Crippen LogP contribution is -2.30. The average molecular weight is 405 g/mol. The van der Waals surface area contributed by atoms with E-state index in [4.69, 9.17) is 4.74 Å². The fraction of sp³-hybridized carbons (Fsp3) is 0.0870. The Morgan fingerprint density at radius 3 is 2.03 bits per heavy atom. The maximum atomic E-state index is 12.4. The Morgan fingerprint density at radius 1 is 0.862 bits per heavy atom. The quantitative estimate of drug-likeness (QED) is 0.632. The van der Waals surface area contributed by atoms with E-state index in [1.165, 1.54) is 6.08 Å². The fourth-order valence-corrected chi connectivity index (χ4v) is 4.10. The van der Waals surface area contributed by atoms with E-state index in [2.05, 4.69) is 4.72 Å². The number of fused-ring (bicyclic) bond motifs is 3. The van der Waals surface area contributed by atoms with Gasteiger partial charge in [0.05, 0.1) is 0 Å². The molecule has 0 aromatic heterocycles. The molecule has 1 aliphatic rings. The molecule has 0 saturated heterocycles. The van der Waals surface area contributed by atoms with Crippen molar-refractivity contribution in [2.45, 2.75) is 6.10 Å². The van der Waals surface area contributed by atoms with E-state index in [-0.39, 0.29) is 0 Å². The molecule has 0 aliphatic heterocycles. The smallest absolute Gasteiger partial charge is 0.321 e. The van der Waals surface area contributed by atoms with Crippen LogP contribution in [0.2, 0.25) is 0 Å². The van der Waals surface area contributed by atoms with E-state index >= 15 is 0 Å². The van der Waals surface area contributed by atoms with Gasteiger partial charge in [-0.3, -0.25) is 4.79 Å². The van der Waals surface area contributed by atoms with Crippen LogP contribution in [0.3, 0.4) is 0 Å². The van der Waals surface area contributed by atoms with Crippen LogP contribution in [0.5, 0.6) is 0 Å². The molecule has 0 atom stereocenters. The van der Waals surface area contributed by atoms with E-state index in [0.717, 1.165) is 33.2 Å². The van der Waals surface area contributed by atoms with Gasteiger partial charge in [-0.2, -0.15) is 0 Å². The minimum Gasteiger partial charge on any atom is -0.452 e. The van der Waals surface area contributed by atoms with Gasteiger partial charge in [-0.1, -0.05) is 78.9 Å². The molecule has 0 radical (unpaired) electrons. The highest BCUT2D eigenvalue weighted by molar-refractivity contribution is 7.92. The number of carbonyl (C=O) groups excluding carboxylic acids is 1. The molecule has 29 heavy (non-hydrogen) atoms. The number of carbonyl (C=O) groups is 1. The number of esters is 1. The number of benzene rings is 3. The van der Waals surface area contributed by atoms with E-state index in [0.29, 0.717) is 0 Å². The zero-order valence-corrected chi connectivity index (χ0v) is 16.3. The lowest BCUT2D eigenvalue weighted by atomic mass is 10.1. The van der Waals surface area contributed by atoms with Gasteiger partial charge >= 0.3 is 5.97 Å². The minimum absolute atomic E-state index is 0.442. The molecule has 0 saturated carbocycles. The molecule has 5 nitrogen and oxygen atoms in total. The van der Waals surface area contributed by atoms with Crippen molar-refractivity contribution in [3.63, 3.8) is 0 Å². The van der Waals surface area contributed by atoms with E-state index in [1.807, 2.05) is 66.7 Å². The maximum Gasteiger partial charge on any atom is 0.321 e. The molecule has 3 aromatic rings. The Morgan fingerprint density at radius 2 is 1.41 bits per heavy atom. The summed E-state index contributed by atoms with van der Waals surface area (Å²) in [5.74, 6) is -0.641. The predicted octanol–water partition coefficient (Wildman–Crippen LogP) is 3.89. The third-order valence-electron chi connectivity index (χ3n) is 4.68. The Hall–Kier alpha value is -3.22. The van der Waals surface area contributed by atoms with Crippen molar-refractivity contribution in [1.82, 2.24) is 4.72 Å². The first-order valence-electron chi connectivity index (χ1n) is 9.14. The average Bonchev–Trinajstić information content (AvgIpc) is 3.06. The summed E-state index contributed by atoms with van der Waals surface area (Å²) in [5.41, 5.74) is 4.59. The van der Waals surface area contributed by atoms with Crippen molar-refractivity contribution in [2.75, 3.05) is 6.54 Å². The van der Waals surface area contributed by atoms with Crippen LogP contribution in [-0.4, -0.2) is 20.9 Å². The summed E-state index contributed by atoms with van der Waals surface area (Å²) in [6, 6.07) is 24.5. The zero-order chi connectivity index (χ0) is 20.3. The van der Waals surface area contributed by atoms with Crippen LogP contribution < -0.4 is 4.72 Å². The molecular formula is C23H19NO4S. The number of nitrogens with one attached hydrogen (secondary N) is 1. The van der Waals surface area contributed by atoms with Crippen LogP contribution >= 0.6 is 0 Å². The molecule has 1 aliphatic carbocycles. The third kappa shape index (κ3) is 4.29. The highest BCUT2D eigenvalue weighted by atomic mass is 32.2. The van der Waals surface area contributed by atoms with Crippen LogP contribution in [0.15, 0.2) is 84.3 Å². The summed E-state index contributed by atoms with van der Waals surface area (Å²) >= 11 is 0. The topological polar surface area (TPSA) is 72.5 Å². The molecule has 146 valence electrons. The first-order chi connectivity index (χ1) is 14.0. The Balaban J connectivity index is 1.43. The summed E-state index contributed by atoms with van der Waals surface area (Å²) < 4.78 is 32.2. The minimum atomic E-state index is -3.76. The molecule has 0 bridgehead atoms. The van der Waals surface area contributed by atoms with Crippen molar-refractivity contribution >= 4 is 22.1 Å². The van der Waals surface area contributed by atoms with Crippen molar-refractivity contribution in [2.24, 2.45) is 0 Å². The second-order valence-corrected chi connectivity index (χ2v) is 8.27. The van der Waals surface area contributed by atoms with Crippen molar-refractivity contribution in [3.05, 3.63) is 101 Å². The summed E-state index contributed by atoms with van der Waals surface area (Å²) in [6.07, 6.45) is 0.927. The van der Waals surface area contributed by atoms with Gasteiger partial charge in [0.2, 0.25) is 10.0 Å². The first kappa shape index (κ1) is 19.1. The van der Waals surface area contributed by atoms with Crippen LogP contribution in [0.4, 0.5) is 0 Å². The fourth-order valence-electron chi connectivity index (χ4n) is 3.35. The molecule has 4 rings (SSSR count). The van der Waals surface area contributed by atoms with E-state index in [1.54, 1.807) is 12.1 Å². The predicted molar refractivity (Wildman–Crippen MR) is 112 cm³/mol. The largest absolute Gasteiger partial charge is 0.452 e. The van der Waals surface area contributed by atoms with Crippen LogP contribution in [0.1, 0.15) is 22.8 Å². The SMILES string of the molecule is O=C(CNS(=O)(=O)/C=C/c1ccccc1)OC1c2ccccc2-c2ccccc21. The second kappa shape index (κ2) is 8.03. The molecule has 0 amide bonds. The molecule has 0 spiro atoms. The van der Waals surface area contributed by atoms with Crippen LogP contribution in [-0.2, 0) is 19.6 Å². The lowest BCUT2D eigenvalue weighted by molar-refractivity contribution is -0.145. The van der Waals surface area contributed by atoms with Gasteiger partial charge in [-0.15, -0.1) is 0 Å². The van der Waals surface area contributed by atoms with Crippen LogP contribution in [0, 0.1) is 0 Å². The normalized spacial score (nSPS) is 13.2. The molecular weight excluding hydrogens is 386 g/mol. The molecule has 0 unspecified atom stereocenters. The molecule has 0 fully saturated rings. The Kier molecular flexibility index (Phi) is 5.29. The summed E-state index contributed by atoms with van der Waals surface area (Å²) in [7, 11) is -3.76. The number of hydrogen-bond acceptors (Lipinski definition) is 4. The monoisotopic (exact) mass is 405 g/mol. The van der Waals surface area contributed by atoms with Gasteiger partial charge in [-0.25, -0.2) is 13.1 Å². The van der Waals surface area contributed by atoms with E-state index < -0.39 is 28.6 Å². The lowest BCUT2D eigenvalue weighted by Gasteiger charge is -2.15. The Labute approximate surface area is 169 Å². The molecule has 1 N–H and O–H groups in total. The zero-order valence-electron chi connectivity index (χ0n) is 15.5. The number of hydrogen-bond donors (Lipinski definition) is 1. The standard InChI is InChI=1S/C23H19NO4S/c25-22(16-24-29(26,27)15-14-17-8-2-1-3-9-17)28-23-20-12-6-4-10-18(20)19-11-5-7-13-21(19)23/h1-15,23-24H,16H2/b15-14+. The number of ether oxygens (including phenoxy) is 1. The van der Waals surface area contributed by atoms with Gasteiger partial charge in [-0.05, 0) is 22.8 Å². The number of sulfonamides is 1. The second-order valence-electron chi connectivity index (χ2n) is 6.62. The van der Waals surface area contributed by atoms with Gasteiger partial charge in [0, 0.05) is 16.5 Å². The first-order valence-corrected chi connectivity index (χ1v) is 10.7. The number of rotatable bonds is 6. The summed E-state index contributed by atoms with van der Waals surface area (Å²) in [5, 5.41) is 1.04.